The number of anilines is 2. The summed E-state index contributed by atoms with van der Waals surface area (Å²) in [5, 5.41) is 6.11. The van der Waals surface area contributed by atoms with Crippen LogP contribution in [0.4, 0.5) is 11.4 Å². The van der Waals surface area contributed by atoms with Gasteiger partial charge in [-0.15, -0.1) is 0 Å². The van der Waals surface area contributed by atoms with Crippen molar-refractivity contribution in [3.8, 4) is 0 Å². The van der Waals surface area contributed by atoms with Crippen molar-refractivity contribution >= 4 is 17.3 Å². The standard InChI is InChI=1S/C13H22N4O/c1-5-15-10(2)8-13(18)16-11-9-14-7-6-12(11)17(3)4/h6-7,9-10,15H,5,8H2,1-4H3,(H,16,18). The molecule has 0 aromatic carbocycles. The van der Waals surface area contributed by atoms with Gasteiger partial charge in [0.25, 0.3) is 0 Å². The van der Waals surface area contributed by atoms with Crippen molar-refractivity contribution in [1.29, 1.82) is 0 Å². The number of nitrogens with zero attached hydrogens (tertiary/aromatic N) is 2. The van der Waals surface area contributed by atoms with Crippen molar-refractivity contribution in [2.75, 3.05) is 30.9 Å². The fourth-order valence-electron chi connectivity index (χ4n) is 1.77. The number of amides is 1. The van der Waals surface area contributed by atoms with E-state index in [1.54, 1.807) is 12.4 Å². The maximum Gasteiger partial charge on any atom is 0.226 e. The minimum Gasteiger partial charge on any atom is -0.376 e. The van der Waals surface area contributed by atoms with Crippen LogP contribution in [-0.4, -0.2) is 37.6 Å². The van der Waals surface area contributed by atoms with Crippen LogP contribution >= 0.6 is 0 Å². The van der Waals surface area contributed by atoms with Gasteiger partial charge in [-0.3, -0.25) is 9.78 Å². The van der Waals surface area contributed by atoms with Gasteiger partial charge in [0.2, 0.25) is 5.91 Å². The number of rotatable bonds is 6. The molecular formula is C13H22N4O. The highest BCUT2D eigenvalue weighted by Crippen LogP contribution is 2.22. The zero-order valence-electron chi connectivity index (χ0n) is 11.5. The Kier molecular flexibility index (Phi) is 5.58. The number of pyridine rings is 1. The molecule has 1 aromatic rings. The second kappa shape index (κ2) is 6.96. The van der Waals surface area contributed by atoms with Crippen LogP contribution in [0.25, 0.3) is 0 Å². The highest BCUT2D eigenvalue weighted by Gasteiger charge is 2.11. The van der Waals surface area contributed by atoms with E-state index in [0.29, 0.717) is 6.42 Å². The van der Waals surface area contributed by atoms with Crippen molar-refractivity contribution in [3.05, 3.63) is 18.5 Å². The van der Waals surface area contributed by atoms with Gasteiger partial charge in [-0.1, -0.05) is 6.92 Å². The summed E-state index contributed by atoms with van der Waals surface area (Å²) >= 11 is 0. The molecule has 0 aliphatic heterocycles. The topological polar surface area (TPSA) is 57.3 Å². The number of aromatic nitrogens is 1. The van der Waals surface area contributed by atoms with Crippen LogP contribution in [0.1, 0.15) is 20.3 Å². The molecule has 1 rings (SSSR count). The Morgan fingerprint density at radius 1 is 1.50 bits per heavy atom. The Hall–Kier alpha value is -1.62. The lowest BCUT2D eigenvalue weighted by atomic mass is 10.2. The number of carbonyl (C=O) groups is 1. The monoisotopic (exact) mass is 250 g/mol. The molecule has 1 amide bonds. The Morgan fingerprint density at radius 3 is 2.83 bits per heavy atom. The lowest BCUT2D eigenvalue weighted by Gasteiger charge is -2.18. The molecule has 0 aliphatic rings. The predicted molar refractivity (Wildman–Crippen MR) is 74.9 cm³/mol. The zero-order valence-corrected chi connectivity index (χ0v) is 11.5. The molecule has 5 heteroatoms. The van der Waals surface area contributed by atoms with Crippen LogP contribution in [0.15, 0.2) is 18.5 Å². The summed E-state index contributed by atoms with van der Waals surface area (Å²) in [5.74, 6) is -0.000417. The largest absolute Gasteiger partial charge is 0.376 e. The Labute approximate surface area is 109 Å². The second-order valence-electron chi connectivity index (χ2n) is 4.50. The maximum atomic E-state index is 11.9. The van der Waals surface area contributed by atoms with Gasteiger partial charge in [0.1, 0.15) is 0 Å². The SMILES string of the molecule is CCNC(C)CC(=O)Nc1cnccc1N(C)C. The summed E-state index contributed by atoms with van der Waals surface area (Å²) in [4.78, 5) is 17.9. The van der Waals surface area contributed by atoms with Gasteiger partial charge in [-0.2, -0.15) is 0 Å². The first-order valence-corrected chi connectivity index (χ1v) is 6.19. The molecule has 0 aliphatic carbocycles. The van der Waals surface area contributed by atoms with E-state index >= 15 is 0 Å². The Balaban J connectivity index is 2.64. The molecule has 0 radical (unpaired) electrons. The van der Waals surface area contributed by atoms with Crippen LogP contribution in [0.2, 0.25) is 0 Å². The molecule has 1 aromatic heterocycles. The van der Waals surface area contributed by atoms with Gasteiger partial charge in [0.15, 0.2) is 0 Å². The van der Waals surface area contributed by atoms with E-state index < -0.39 is 0 Å². The molecule has 1 atom stereocenters. The van der Waals surface area contributed by atoms with Crippen molar-refractivity contribution in [2.24, 2.45) is 0 Å². The molecule has 0 spiro atoms. The van der Waals surface area contributed by atoms with E-state index in [4.69, 9.17) is 0 Å². The Morgan fingerprint density at radius 2 is 2.22 bits per heavy atom. The van der Waals surface area contributed by atoms with E-state index in [1.165, 1.54) is 0 Å². The molecule has 5 nitrogen and oxygen atoms in total. The van der Waals surface area contributed by atoms with E-state index in [-0.39, 0.29) is 11.9 Å². The summed E-state index contributed by atoms with van der Waals surface area (Å²) < 4.78 is 0. The van der Waals surface area contributed by atoms with Crippen LogP contribution in [0.5, 0.6) is 0 Å². The van der Waals surface area contributed by atoms with Crippen molar-refractivity contribution in [3.63, 3.8) is 0 Å². The molecule has 18 heavy (non-hydrogen) atoms. The van der Waals surface area contributed by atoms with Crippen LogP contribution in [0, 0.1) is 0 Å². The lowest BCUT2D eigenvalue weighted by Crippen LogP contribution is -2.30. The fraction of sp³-hybridized carbons (Fsp3) is 0.538. The molecular weight excluding hydrogens is 228 g/mol. The van der Waals surface area contributed by atoms with Gasteiger partial charge < -0.3 is 15.5 Å². The van der Waals surface area contributed by atoms with Crippen molar-refractivity contribution in [1.82, 2.24) is 10.3 Å². The third-order valence-electron chi connectivity index (χ3n) is 2.60. The summed E-state index contributed by atoms with van der Waals surface area (Å²) in [6.45, 7) is 4.89. The molecule has 100 valence electrons. The van der Waals surface area contributed by atoms with Crippen molar-refractivity contribution < 1.29 is 4.79 Å². The average molecular weight is 250 g/mol. The van der Waals surface area contributed by atoms with Crippen LogP contribution in [-0.2, 0) is 4.79 Å². The number of hydrogen-bond acceptors (Lipinski definition) is 4. The molecule has 0 saturated carbocycles. The summed E-state index contributed by atoms with van der Waals surface area (Å²) in [5.41, 5.74) is 1.70. The van der Waals surface area contributed by atoms with Crippen LogP contribution in [0.3, 0.4) is 0 Å². The molecule has 0 fully saturated rings. The van der Waals surface area contributed by atoms with E-state index in [0.717, 1.165) is 17.9 Å². The lowest BCUT2D eigenvalue weighted by molar-refractivity contribution is -0.116. The van der Waals surface area contributed by atoms with Gasteiger partial charge in [0.05, 0.1) is 17.6 Å². The van der Waals surface area contributed by atoms with Gasteiger partial charge in [-0.25, -0.2) is 0 Å². The average Bonchev–Trinajstić information content (AvgIpc) is 2.29. The quantitative estimate of drug-likeness (QED) is 0.803. The summed E-state index contributed by atoms with van der Waals surface area (Å²) in [7, 11) is 3.87. The third-order valence-corrected chi connectivity index (χ3v) is 2.60. The van der Waals surface area contributed by atoms with E-state index in [9.17, 15) is 4.79 Å². The first kappa shape index (κ1) is 14.4. The minimum absolute atomic E-state index is 0.000417. The number of hydrogen-bond donors (Lipinski definition) is 2. The molecule has 0 saturated heterocycles. The summed E-state index contributed by atoms with van der Waals surface area (Å²) in [6.07, 6.45) is 3.84. The molecule has 2 N–H and O–H groups in total. The fourth-order valence-corrected chi connectivity index (χ4v) is 1.77. The van der Waals surface area contributed by atoms with Crippen molar-refractivity contribution in [2.45, 2.75) is 26.3 Å². The predicted octanol–water partition coefficient (Wildman–Crippen LogP) is 1.47. The highest BCUT2D eigenvalue weighted by atomic mass is 16.1. The molecule has 1 heterocycles. The number of nitrogens with one attached hydrogen (secondary N) is 2. The minimum atomic E-state index is -0.000417. The smallest absolute Gasteiger partial charge is 0.226 e. The first-order chi connectivity index (χ1) is 8.54. The summed E-state index contributed by atoms with van der Waals surface area (Å²) in [6, 6.07) is 2.05. The van der Waals surface area contributed by atoms with E-state index in [1.807, 2.05) is 38.9 Å². The second-order valence-corrected chi connectivity index (χ2v) is 4.50. The zero-order chi connectivity index (χ0) is 13.5. The van der Waals surface area contributed by atoms with Crippen LogP contribution < -0.4 is 15.5 Å². The molecule has 1 unspecified atom stereocenters. The first-order valence-electron chi connectivity index (χ1n) is 6.19. The number of carbonyl (C=O) groups excluding carboxylic acids is 1. The van der Waals surface area contributed by atoms with E-state index in [2.05, 4.69) is 15.6 Å². The highest BCUT2D eigenvalue weighted by molar-refractivity contribution is 5.94. The van der Waals surface area contributed by atoms with Gasteiger partial charge in [-0.05, 0) is 19.5 Å². The normalized spacial score (nSPS) is 12.0. The van der Waals surface area contributed by atoms with Gasteiger partial charge in [0, 0.05) is 32.8 Å². The Bertz CT molecular complexity index is 392. The molecule has 0 bridgehead atoms. The third kappa shape index (κ3) is 4.33. The maximum absolute atomic E-state index is 11.9. The van der Waals surface area contributed by atoms with Gasteiger partial charge >= 0.3 is 0 Å².